The standard InChI is InChI=1S/C22H26N2O5S/c25-22(23-20-3-1-2-18(14-20)16-29-15-17-4-5-17)19-6-8-21(9-7-19)30(26,27)24-10-12-28-13-11-24/h1-3,6-9,14,17H,4-5,10-13,15-16H2,(H,23,25). The van der Waals surface area contributed by atoms with Crippen molar-refractivity contribution in [3.8, 4) is 0 Å². The van der Waals surface area contributed by atoms with E-state index in [4.69, 9.17) is 9.47 Å². The fourth-order valence-electron chi connectivity index (χ4n) is 3.28. The highest BCUT2D eigenvalue weighted by Gasteiger charge is 2.26. The number of hydrogen-bond donors (Lipinski definition) is 1. The van der Waals surface area contributed by atoms with Crippen molar-refractivity contribution < 1.29 is 22.7 Å². The molecule has 1 heterocycles. The molecule has 2 fully saturated rings. The lowest BCUT2D eigenvalue weighted by atomic mass is 10.2. The monoisotopic (exact) mass is 430 g/mol. The van der Waals surface area contributed by atoms with Crippen LogP contribution in [-0.4, -0.2) is 51.5 Å². The van der Waals surface area contributed by atoms with Crippen LogP contribution in [0.3, 0.4) is 0 Å². The number of ether oxygens (including phenoxy) is 2. The van der Waals surface area contributed by atoms with E-state index >= 15 is 0 Å². The topological polar surface area (TPSA) is 84.9 Å². The minimum absolute atomic E-state index is 0.177. The van der Waals surface area contributed by atoms with E-state index in [1.165, 1.54) is 41.4 Å². The first-order valence-electron chi connectivity index (χ1n) is 10.2. The molecule has 0 radical (unpaired) electrons. The first-order chi connectivity index (χ1) is 14.5. The molecule has 1 amide bonds. The van der Waals surface area contributed by atoms with E-state index in [1.807, 2.05) is 24.3 Å². The van der Waals surface area contributed by atoms with Gasteiger partial charge >= 0.3 is 0 Å². The average Bonchev–Trinajstić information content (AvgIpc) is 3.59. The Morgan fingerprint density at radius 2 is 1.83 bits per heavy atom. The van der Waals surface area contributed by atoms with Crippen LogP contribution in [-0.2, 0) is 26.1 Å². The van der Waals surface area contributed by atoms with E-state index < -0.39 is 10.0 Å². The summed E-state index contributed by atoms with van der Waals surface area (Å²) in [6.07, 6.45) is 2.51. The summed E-state index contributed by atoms with van der Waals surface area (Å²) in [5.41, 5.74) is 2.07. The Labute approximate surface area is 177 Å². The first-order valence-corrected chi connectivity index (χ1v) is 11.6. The number of nitrogens with zero attached hydrogens (tertiary/aromatic N) is 1. The van der Waals surface area contributed by atoms with Crippen LogP contribution in [0.2, 0.25) is 0 Å². The number of amides is 1. The summed E-state index contributed by atoms with van der Waals surface area (Å²) in [7, 11) is -3.57. The minimum atomic E-state index is -3.57. The zero-order valence-corrected chi connectivity index (χ0v) is 17.6. The number of morpholine rings is 1. The molecule has 0 unspecified atom stereocenters. The number of hydrogen-bond acceptors (Lipinski definition) is 5. The molecule has 1 saturated heterocycles. The quantitative estimate of drug-likeness (QED) is 0.696. The van der Waals surface area contributed by atoms with Gasteiger partial charge in [0.1, 0.15) is 0 Å². The lowest BCUT2D eigenvalue weighted by molar-refractivity contribution is 0.0730. The fraction of sp³-hybridized carbons (Fsp3) is 0.409. The summed E-state index contributed by atoms with van der Waals surface area (Å²) < 4.78 is 37.7. The molecule has 1 saturated carbocycles. The SMILES string of the molecule is O=C(Nc1cccc(COCC2CC2)c1)c1ccc(S(=O)(=O)N2CCOCC2)cc1. The summed E-state index contributed by atoms with van der Waals surface area (Å²) in [5.74, 6) is 0.421. The molecule has 2 aliphatic rings. The number of nitrogens with one attached hydrogen (secondary N) is 1. The molecule has 0 spiro atoms. The molecule has 1 aliphatic carbocycles. The summed E-state index contributed by atoms with van der Waals surface area (Å²) in [4.78, 5) is 12.8. The van der Waals surface area contributed by atoms with Crippen LogP contribution in [0, 0.1) is 5.92 Å². The molecule has 2 aromatic carbocycles. The van der Waals surface area contributed by atoms with Crippen LogP contribution < -0.4 is 5.32 Å². The van der Waals surface area contributed by atoms with E-state index in [1.54, 1.807) is 0 Å². The number of carbonyl (C=O) groups excluding carboxylic acids is 1. The number of anilines is 1. The Balaban J connectivity index is 1.37. The minimum Gasteiger partial charge on any atom is -0.379 e. The zero-order chi connectivity index (χ0) is 21.0. The van der Waals surface area contributed by atoms with Crippen LogP contribution >= 0.6 is 0 Å². The largest absolute Gasteiger partial charge is 0.379 e. The van der Waals surface area contributed by atoms with Crippen LogP contribution in [0.4, 0.5) is 5.69 Å². The van der Waals surface area contributed by atoms with Gasteiger partial charge in [0, 0.05) is 30.9 Å². The molecule has 4 rings (SSSR count). The number of sulfonamides is 1. The lowest BCUT2D eigenvalue weighted by Gasteiger charge is -2.26. The van der Waals surface area contributed by atoms with Gasteiger partial charge in [-0.25, -0.2) is 8.42 Å². The Hall–Kier alpha value is -2.26. The Morgan fingerprint density at radius 1 is 1.10 bits per heavy atom. The molecule has 1 N–H and O–H groups in total. The van der Waals surface area contributed by atoms with Crippen LogP contribution in [0.25, 0.3) is 0 Å². The highest BCUT2D eigenvalue weighted by atomic mass is 32.2. The number of rotatable bonds is 8. The second-order valence-electron chi connectivity index (χ2n) is 7.65. The second-order valence-corrected chi connectivity index (χ2v) is 9.59. The van der Waals surface area contributed by atoms with Gasteiger partial charge in [-0.05, 0) is 60.7 Å². The van der Waals surface area contributed by atoms with Gasteiger partial charge in [-0.3, -0.25) is 4.79 Å². The molecule has 2 aromatic rings. The van der Waals surface area contributed by atoms with Gasteiger partial charge in [0.05, 0.1) is 24.7 Å². The lowest BCUT2D eigenvalue weighted by Crippen LogP contribution is -2.40. The highest BCUT2D eigenvalue weighted by Crippen LogP contribution is 2.29. The predicted molar refractivity (Wildman–Crippen MR) is 113 cm³/mol. The second kappa shape index (κ2) is 9.26. The number of benzene rings is 2. The first kappa shape index (κ1) is 21.0. The Kier molecular flexibility index (Phi) is 6.48. The molecule has 160 valence electrons. The Bertz CT molecular complexity index is 981. The van der Waals surface area contributed by atoms with Gasteiger partial charge < -0.3 is 14.8 Å². The molecule has 1 aliphatic heterocycles. The molecule has 8 heteroatoms. The molecule has 30 heavy (non-hydrogen) atoms. The van der Waals surface area contributed by atoms with Crippen molar-refractivity contribution in [2.75, 3.05) is 38.2 Å². The maximum Gasteiger partial charge on any atom is 0.255 e. The van der Waals surface area contributed by atoms with E-state index in [9.17, 15) is 13.2 Å². The van der Waals surface area contributed by atoms with Crippen LogP contribution in [0.5, 0.6) is 0 Å². The van der Waals surface area contributed by atoms with Crippen molar-refractivity contribution in [2.24, 2.45) is 5.92 Å². The molecule has 0 atom stereocenters. The summed E-state index contributed by atoms with van der Waals surface area (Å²) in [5, 5.41) is 2.86. The normalized spacial score (nSPS) is 17.6. The van der Waals surface area contributed by atoms with Gasteiger partial charge in [0.15, 0.2) is 0 Å². The third kappa shape index (κ3) is 5.26. The Morgan fingerprint density at radius 3 is 2.53 bits per heavy atom. The van der Waals surface area contributed by atoms with Gasteiger partial charge in [-0.15, -0.1) is 0 Å². The molecular formula is C22H26N2O5S. The van der Waals surface area contributed by atoms with Crippen molar-refractivity contribution in [1.29, 1.82) is 0 Å². The zero-order valence-electron chi connectivity index (χ0n) is 16.7. The van der Waals surface area contributed by atoms with Gasteiger partial charge in [0.25, 0.3) is 5.91 Å². The van der Waals surface area contributed by atoms with Crippen molar-refractivity contribution in [1.82, 2.24) is 4.31 Å². The van der Waals surface area contributed by atoms with E-state index in [2.05, 4.69) is 5.32 Å². The number of carbonyl (C=O) groups is 1. The molecule has 0 bridgehead atoms. The van der Waals surface area contributed by atoms with Crippen molar-refractivity contribution in [3.63, 3.8) is 0 Å². The summed E-state index contributed by atoms with van der Waals surface area (Å²) in [6.45, 7) is 2.77. The average molecular weight is 431 g/mol. The van der Waals surface area contributed by atoms with E-state index in [0.29, 0.717) is 50.1 Å². The van der Waals surface area contributed by atoms with E-state index in [-0.39, 0.29) is 10.8 Å². The van der Waals surface area contributed by atoms with Crippen molar-refractivity contribution >= 4 is 21.6 Å². The van der Waals surface area contributed by atoms with Crippen LogP contribution in [0.15, 0.2) is 53.4 Å². The van der Waals surface area contributed by atoms with Gasteiger partial charge in [0.2, 0.25) is 10.0 Å². The highest BCUT2D eigenvalue weighted by molar-refractivity contribution is 7.89. The third-order valence-electron chi connectivity index (χ3n) is 5.23. The maximum atomic E-state index is 12.7. The third-order valence-corrected chi connectivity index (χ3v) is 7.14. The van der Waals surface area contributed by atoms with Gasteiger partial charge in [-0.2, -0.15) is 4.31 Å². The summed E-state index contributed by atoms with van der Waals surface area (Å²) >= 11 is 0. The maximum absolute atomic E-state index is 12.7. The summed E-state index contributed by atoms with van der Waals surface area (Å²) in [6, 6.07) is 13.6. The molecular weight excluding hydrogens is 404 g/mol. The molecule has 7 nitrogen and oxygen atoms in total. The molecule has 0 aromatic heterocycles. The van der Waals surface area contributed by atoms with Crippen molar-refractivity contribution in [3.05, 3.63) is 59.7 Å². The van der Waals surface area contributed by atoms with Crippen LogP contribution in [0.1, 0.15) is 28.8 Å². The van der Waals surface area contributed by atoms with Gasteiger partial charge in [-0.1, -0.05) is 12.1 Å². The van der Waals surface area contributed by atoms with E-state index in [0.717, 1.165) is 12.2 Å². The smallest absolute Gasteiger partial charge is 0.255 e. The fourth-order valence-corrected chi connectivity index (χ4v) is 4.69. The predicted octanol–water partition coefficient (Wildman–Crippen LogP) is 2.89. The van der Waals surface area contributed by atoms with Crippen molar-refractivity contribution in [2.45, 2.75) is 24.3 Å².